The minimum Gasteiger partial charge on any atom is -0.493 e. The molecule has 0 aliphatic carbocycles. The largest absolute Gasteiger partial charge is 0.493 e. The highest BCUT2D eigenvalue weighted by atomic mass is 35.5. The van der Waals surface area contributed by atoms with Crippen molar-refractivity contribution in [3.63, 3.8) is 0 Å². The number of hydrogen-bond donors (Lipinski definition) is 1. The third-order valence-corrected chi connectivity index (χ3v) is 4.65. The van der Waals surface area contributed by atoms with Crippen LogP contribution in [0.2, 0.25) is 5.02 Å². The van der Waals surface area contributed by atoms with Crippen LogP contribution in [0.4, 0.5) is 5.69 Å². The number of halogens is 1. The molecule has 1 aliphatic heterocycles. The molecule has 0 unspecified atom stereocenters. The summed E-state index contributed by atoms with van der Waals surface area (Å²) in [5.74, 6) is -1.29. The van der Waals surface area contributed by atoms with E-state index < -0.39 is 17.8 Å². The van der Waals surface area contributed by atoms with Crippen molar-refractivity contribution >= 4 is 41.1 Å². The number of amides is 2. The number of anilines is 1. The molecule has 1 saturated heterocycles. The summed E-state index contributed by atoms with van der Waals surface area (Å²) < 4.78 is 15.6. The molecular formula is C22H15ClN2O6. The number of nitrogens with zero attached hydrogens (tertiary/aromatic N) is 1. The van der Waals surface area contributed by atoms with Gasteiger partial charge in [0.2, 0.25) is 5.76 Å². The average molecular weight is 439 g/mol. The predicted octanol–water partition coefficient (Wildman–Crippen LogP) is 3.62. The van der Waals surface area contributed by atoms with E-state index in [0.717, 1.165) is 5.01 Å². The highest BCUT2D eigenvalue weighted by Gasteiger charge is 2.34. The first-order valence-corrected chi connectivity index (χ1v) is 9.40. The lowest BCUT2D eigenvalue weighted by molar-refractivity contribution is -0.117. The third-order valence-electron chi connectivity index (χ3n) is 4.40. The summed E-state index contributed by atoms with van der Waals surface area (Å²) in [6.45, 7) is 0. The number of nitrogens with one attached hydrogen (secondary N) is 1. The molecule has 31 heavy (non-hydrogen) atoms. The molecule has 1 aliphatic rings. The molecule has 0 saturated carbocycles. The van der Waals surface area contributed by atoms with Gasteiger partial charge in [-0.05, 0) is 60.2 Å². The molecule has 1 N–H and O–H groups in total. The van der Waals surface area contributed by atoms with E-state index in [1.807, 2.05) is 0 Å². The Bertz CT molecular complexity index is 1190. The number of rotatable bonds is 5. The first kappa shape index (κ1) is 20.2. The molecule has 0 radical (unpaired) electrons. The molecular weight excluding hydrogens is 424 g/mol. The van der Waals surface area contributed by atoms with Gasteiger partial charge in [0, 0.05) is 5.02 Å². The van der Waals surface area contributed by atoms with Crippen LogP contribution in [-0.2, 0) is 9.59 Å². The van der Waals surface area contributed by atoms with Crippen molar-refractivity contribution in [3.05, 3.63) is 82.8 Å². The van der Waals surface area contributed by atoms with Crippen LogP contribution in [0.3, 0.4) is 0 Å². The second-order valence-electron chi connectivity index (χ2n) is 6.39. The van der Waals surface area contributed by atoms with Gasteiger partial charge in [-0.25, -0.2) is 9.80 Å². The number of ether oxygens (including phenoxy) is 2. The topological polar surface area (TPSA) is 98.1 Å². The lowest BCUT2D eigenvalue weighted by Gasteiger charge is -2.14. The number of carbonyl (C=O) groups excluding carboxylic acids is 3. The summed E-state index contributed by atoms with van der Waals surface area (Å²) in [6.07, 6.45) is 2.79. The highest BCUT2D eigenvalue weighted by molar-refractivity contribution is 6.32. The molecule has 3 aromatic rings. The minimum atomic E-state index is -0.682. The van der Waals surface area contributed by atoms with Gasteiger partial charge in [0.15, 0.2) is 11.5 Å². The van der Waals surface area contributed by atoms with E-state index in [-0.39, 0.29) is 22.8 Å². The Morgan fingerprint density at radius 2 is 1.87 bits per heavy atom. The summed E-state index contributed by atoms with van der Waals surface area (Å²) in [5.41, 5.74) is 3.44. The van der Waals surface area contributed by atoms with Crippen molar-refractivity contribution < 1.29 is 28.3 Å². The first-order chi connectivity index (χ1) is 15.0. The molecule has 0 atom stereocenters. The van der Waals surface area contributed by atoms with Gasteiger partial charge in [-0.2, -0.15) is 0 Å². The molecule has 156 valence electrons. The maximum absolute atomic E-state index is 12.7. The van der Waals surface area contributed by atoms with E-state index in [4.69, 9.17) is 25.5 Å². The van der Waals surface area contributed by atoms with Crippen LogP contribution in [0.5, 0.6) is 11.5 Å². The number of esters is 1. The maximum atomic E-state index is 12.7. The second-order valence-corrected chi connectivity index (χ2v) is 6.83. The van der Waals surface area contributed by atoms with Crippen LogP contribution >= 0.6 is 11.6 Å². The Labute approximate surface area is 181 Å². The van der Waals surface area contributed by atoms with Crippen LogP contribution in [0, 0.1) is 0 Å². The zero-order valence-electron chi connectivity index (χ0n) is 16.1. The number of benzene rings is 2. The van der Waals surface area contributed by atoms with Crippen LogP contribution in [-0.4, -0.2) is 24.9 Å². The average Bonchev–Trinajstić information content (AvgIpc) is 3.40. The van der Waals surface area contributed by atoms with E-state index in [1.165, 1.54) is 31.6 Å². The fraction of sp³-hybridized carbons (Fsp3) is 0.0455. The summed E-state index contributed by atoms with van der Waals surface area (Å²) >= 11 is 5.87. The van der Waals surface area contributed by atoms with E-state index in [1.54, 1.807) is 42.5 Å². The Balaban J connectivity index is 1.58. The Morgan fingerprint density at radius 3 is 2.55 bits per heavy atom. The molecule has 8 nitrogen and oxygen atoms in total. The SMILES string of the molecule is COc1cc(/C=C2/C(=O)NN(c3ccc(Cl)cc3)C2=O)ccc1OC(=O)c1ccco1. The monoisotopic (exact) mass is 438 g/mol. The smallest absolute Gasteiger partial charge is 0.379 e. The van der Waals surface area contributed by atoms with Crippen molar-refractivity contribution in [1.29, 1.82) is 0 Å². The zero-order chi connectivity index (χ0) is 22.0. The molecule has 0 bridgehead atoms. The minimum absolute atomic E-state index is 0.0451. The van der Waals surface area contributed by atoms with Crippen LogP contribution in [0.1, 0.15) is 16.1 Å². The number of carbonyl (C=O) groups is 3. The van der Waals surface area contributed by atoms with Gasteiger partial charge in [-0.3, -0.25) is 15.0 Å². The number of furan rings is 1. The van der Waals surface area contributed by atoms with Crippen LogP contribution in [0.25, 0.3) is 6.08 Å². The zero-order valence-corrected chi connectivity index (χ0v) is 16.9. The first-order valence-electron chi connectivity index (χ1n) is 9.02. The fourth-order valence-corrected chi connectivity index (χ4v) is 3.03. The van der Waals surface area contributed by atoms with Gasteiger partial charge in [0.05, 0.1) is 19.1 Å². The summed E-state index contributed by atoms with van der Waals surface area (Å²) in [4.78, 5) is 37.2. The standard InChI is InChI=1S/C22H15ClN2O6/c1-29-19-12-13(4-9-17(19)31-22(28)18-3-2-10-30-18)11-16-20(26)24-25(21(16)27)15-7-5-14(23)6-8-15/h2-12H,1H3,(H,24,26)/b16-11-. The second kappa shape index (κ2) is 8.37. The van der Waals surface area contributed by atoms with Gasteiger partial charge in [0.25, 0.3) is 11.8 Å². The lowest BCUT2D eigenvalue weighted by Crippen LogP contribution is -2.35. The van der Waals surface area contributed by atoms with E-state index in [0.29, 0.717) is 16.3 Å². The Kier molecular flexibility index (Phi) is 5.46. The molecule has 2 heterocycles. The van der Waals surface area contributed by atoms with Gasteiger partial charge < -0.3 is 13.9 Å². The quantitative estimate of drug-likeness (QED) is 0.283. The molecule has 9 heteroatoms. The lowest BCUT2D eigenvalue weighted by atomic mass is 10.1. The molecule has 1 fully saturated rings. The Hall–Kier alpha value is -4.04. The van der Waals surface area contributed by atoms with Crippen molar-refractivity contribution in [2.75, 3.05) is 12.1 Å². The van der Waals surface area contributed by atoms with Crippen molar-refractivity contribution in [1.82, 2.24) is 5.43 Å². The summed E-state index contributed by atoms with van der Waals surface area (Å²) in [6, 6.07) is 14.2. The molecule has 2 aromatic carbocycles. The van der Waals surface area contributed by atoms with E-state index in [2.05, 4.69) is 5.43 Å². The number of hydrazine groups is 1. The van der Waals surface area contributed by atoms with Gasteiger partial charge in [-0.15, -0.1) is 0 Å². The van der Waals surface area contributed by atoms with Crippen molar-refractivity contribution in [2.24, 2.45) is 0 Å². The molecule has 4 rings (SSSR count). The third kappa shape index (κ3) is 4.15. The van der Waals surface area contributed by atoms with Crippen molar-refractivity contribution in [3.8, 4) is 11.5 Å². The number of hydrogen-bond acceptors (Lipinski definition) is 6. The fourth-order valence-electron chi connectivity index (χ4n) is 2.90. The van der Waals surface area contributed by atoms with Crippen LogP contribution < -0.4 is 19.9 Å². The van der Waals surface area contributed by atoms with Gasteiger partial charge in [0.1, 0.15) is 5.57 Å². The van der Waals surface area contributed by atoms with E-state index in [9.17, 15) is 14.4 Å². The van der Waals surface area contributed by atoms with Crippen LogP contribution in [0.15, 0.2) is 70.9 Å². The summed E-state index contributed by atoms with van der Waals surface area (Å²) in [7, 11) is 1.41. The predicted molar refractivity (Wildman–Crippen MR) is 112 cm³/mol. The summed E-state index contributed by atoms with van der Waals surface area (Å²) in [5, 5.41) is 1.65. The number of methoxy groups -OCH3 is 1. The van der Waals surface area contributed by atoms with Crippen molar-refractivity contribution in [2.45, 2.75) is 0 Å². The van der Waals surface area contributed by atoms with E-state index >= 15 is 0 Å². The molecule has 1 aromatic heterocycles. The highest BCUT2D eigenvalue weighted by Crippen LogP contribution is 2.30. The van der Waals surface area contributed by atoms with Gasteiger partial charge >= 0.3 is 5.97 Å². The normalized spacial score (nSPS) is 14.6. The molecule has 2 amide bonds. The molecule has 0 spiro atoms. The Morgan fingerprint density at radius 1 is 1.10 bits per heavy atom. The maximum Gasteiger partial charge on any atom is 0.379 e. The van der Waals surface area contributed by atoms with Gasteiger partial charge in [-0.1, -0.05) is 17.7 Å².